The van der Waals surface area contributed by atoms with Crippen LogP contribution in [-0.4, -0.2) is 26.4 Å². The average Bonchev–Trinajstić information content (AvgIpc) is 2.91. The second kappa shape index (κ2) is 5.13. The van der Waals surface area contributed by atoms with Gasteiger partial charge in [-0.05, 0) is 12.1 Å². The van der Waals surface area contributed by atoms with Crippen molar-refractivity contribution >= 4 is 0 Å². The molecule has 0 saturated carbocycles. The summed E-state index contributed by atoms with van der Waals surface area (Å²) in [4.78, 5) is 14.9. The largest absolute Gasteiger partial charge is 0.364 e. The van der Waals surface area contributed by atoms with Crippen molar-refractivity contribution < 1.29 is 0 Å². The molecular weight excluding hydrogens is 236 g/mol. The lowest BCUT2D eigenvalue weighted by molar-refractivity contribution is 0.240. The molecule has 0 amide bonds. The summed E-state index contributed by atoms with van der Waals surface area (Å²) in [6, 6.07) is 4.18. The molecule has 0 radical (unpaired) electrons. The van der Waals surface area contributed by atoms with Crippen LogP contribution in [0.3, 0.4) is 0 Å². The minimum Gasteiger partial charge on any atom is -0.364 e. The summed E-state index contributed by atoms with van der Waals surface area (Å²) >= 11 is 0. The van der Waals surface area contributed by atoms with Gasteiger partial charge in [0.05, 0.1) is 0 Å². The highest BCUT2D eigenvalue weighted by Crippen LogP contribution is 2.20. The van der Waals surface area contributed by atoms with Gasteiger partial charge in [-0.3, -0.25) is 4.90 Å². The predicted molar refractivity (Wildman–Crippen MR) is 74.7 cm³/mol. The molecule has 0 fully saturated rings. The maximum Gasteiger partial charge on any atom is 0.131 e. The molecule has 3 rings (SSSR count). The van der Waals surface area contributed by atoms with E-state index in [9.17, 15) is 0 Å². The number of nitrogens with one attached hydrogen (secondary N) is 1. The van der Waals surface area contributed by atoms with Crippen LogP contribution in [-0.2, 0) is 19.5 Å². The SMILES string of the molecule is CC(C)c1ncc2c(n1)CCN(Cc1ccc[nH]1)C2. The van der Waals surface area contributed by atoms with Crippen LogP contribution >= 0.6 is 0 Å². The third-order valence-electron chi connectivity index (χ3n) is 3.60. The lowest BCUT2D eigenvalue weighted by Gasteiger charge is -2.27. The highest BCUT2D eigenvalue weighted by Gasteiger charge is 2.19. The monoisotopic (exact) mass is 256 g/mol. The van der Waals surface area contributed by atoms with Crippen molar-refractivity contribution in [3.63, 3.8) is 0 Å². The van der Waals surface area contributed by atoms with E-state index >= 15 is 0 Å². The van der Waals surface area contributed by atoms with Gasteiger partial charge in [-0.15, -0.1) is 0 Å². The highest BCUT2D eigenvalue weighted by atomic mass is 15.1. The fourth-order valence-electron chi connectivity index (χ4n) is 2.51. The summed E-state index contributed by atoms with van der Waals surface area (Å²) in [6.07, 6.45) is 5.02. The van der Waals surface area contributed by atoms with Crippen LogP contribution in [0, 0.1) is 0 Å². The van der Waals surface area contributed by atoms with E-state index in [-0.39, 0.29) is 0 Å². The lowest BCUT2D eigenvalue weighted by Crippen LogP contribution is -2.31. The number of fused-ring (bicyclic) bond motifs is 1. The molecule has 0 unspecified atom stereocenters. The van der Waals surface area contributed by atoms with E-state index in [4.69, 9.17) is 4.98 Å². The number of hydrogen-bond donors (Lipinski definition) is 1. The molecule has 0 bridgehead atoms. The van der Waals surface area contributed by atoms with Crippen LogP contribution in [0.5, 0.6) is 0 Å². The van der Waals surface area contributed by atoms with Crippen molar-refractivity contribution in [3.05, 3.63) is 47.3 Å². The van der Waals surface area contributed by atoms with Gasteiger partial charge in [-0.2, -0.15) is 0 Å². The summed E-state index contributed by atoms with van der Waals surface area (Å²) in [5.41, 5.74) is 3.78. The van der Waals surface area contributed by atoms with Crippen LogP contribution in [0.2, 0.25) is 0 Å². The van der Waals surface area contributed by atoms with Crippen molar-refractivity contribution in [2.75, 3.05) is 6.54 Å². The Balaban J connectivity index is 1.73. The first-order chi connectivity index (χ1) is 9.22. The molecule has 0 atom stereocenters. The summed E-state index contributed by atoms with van der Waals surface area (Å²) in [5, 5.41) is 0. The first-order valence-corrected chi connectivity index (χ1v) is 6.91. The van der Waals surface area contributed by atoms with E-state index < -0.39 is 0 Å². The van der Waals surface area contributed by atoms with E-state index in [2.05, 4.69) is 34.8 Å². The molecule has 1 aliphatic heterocycles. The molecule has 0 aromatic carbocycles. The molecule has 4 heteroatoms. The minimum absolute atomic E-state index is 0.405. The molecule has 1 aliphatic rings. The zero-order valence-electron chi connectivity index (χ0n) is 11.6. The van der Waals surface area contributed by atoms with Crippen molar-refractivity contribution in [1.82, 2.24) is 19.9 Å². The maximum absolute atomic E-state index is 4.70. The summed E-state index contributed by atoms with van der Waals surface area (Å²) in [5.74, 6) is 1.37. The standard InChI is InChI=1S/C15H20N4/c1-11(2)15-17-8-12-9-19(7-5-14(12)18-15)10-13-4-3-6-16-13/h3-4,6,8,11,16H,5,7,9-10H2,1-2H3. The Hall–Kier alpha value is -1.68. The molecule has 100 valence electrons. The molecule has 0 spiro atoms. The molecule has 4 nitrogen and oxygen atoms in total. The fourth-order valence-corrected chi connectivity index (χ4v) is 2.51. The molecule has 1 N–H and O–H groups in total. The maximum atomic E-state index is 4.70. The number of nitrogens with zero attached hydrogens (tertiary/aromatic N) is 3. The molecule has 0 aliphatic carbocycles. The van der Waals surface area contributed by atoms with Gasteiger partial charge in [0.2, 0.25) is 0 Å². The van der Waals surface area contributed by atoms with E-state index in [0.29, 0.717) is 5.92 Å². The first-order valence-electron chi connectivity index (χ1n) is 6.91. The zero-order chi connectivity index (χ0) is 13.2. The number of hydrogen-bond acceptors (Lipinski definition) is 3. The quantitative estimate of drug-likeness (QED) is 0.917. The Morgan fingerprint density at radius 2 is 2.32 bits per heavy atom. The summed E-state index contributed by atoms with van der Waals surface area (Å²) < 4.78 is 0. The van der Waals surface area contributed by atoms with Crippen LogP contribution in [0.15, 0.2) is 24.5 Å². The van der Waals surface area contributed by atoms with E-state index in [0.717, 1.165) is 31.9 Å². The smallest absolute Gasteiger partial charge is 0.131 e. The van der Waals surface area contributed by atoms with Gasteiger partial charge < -0.3 is 4.98 Å². The molecular formula is C15H20N4. The molecule has 3 heterocycles. The predicted octanol–water partition coefficient (Wildman–Crippen LogP) is 2.49. The van der Waals surface area contributed by atoms with Crippen LogP contribution < -0.4 is 0 Å². The van der Waals surface area contributed by atoms with Crippen molar-refractivity contribution in [1.29, 1.82) is 0 Å². The topological polar surface area (TPSA) is 44.8 Å². The Labute approximate surface area is 113 Å². The number of rotatable bonds is 3. The van der Waals surface area contributed by atoms with Gasteiger partial charge in [0.1, 0.15) is 5.82 Å². The Morgan fingerprint density at radius 3 is 3.05 bits per heavy atom. The first kappa shape index (κ1) is 12.4. The minimum atomic E-state index is 0.405. The van der Waals surface area contributed by atoms with Gasteiger partial charge in [-0.1, -0.05) is 13.8 Å². The number of aromatic amines is 1. The average molecular weight is 256 g/mol. The molecule has 2 aromatic heterocycles. The van der Waals surface area contributed by atoms with E-state index in [1.165, 1.54) is 17.0 Å². The van der Waals surface area contributed by atoms with E-state index in [1.807, 2.05) is 18.5 Å². The molecule has 0 saturated heterocycles. The fraction of sp³-hybridized carbons (Fsp3) is 0.467. The van der Waals surface area contributed by atoms with Gasteiger partial charge >= 0.3 is 0 Å². The van der Waals surface area contributed by atoms with Crippen LogP contribution in [0.25, 0.3) is 0 Å². The third kappa shape index (κ3) is 2.68. The molecule has 19 heavy (non-hydrogen) atoms. The highest BCUT2D eigenvalue weighted by molar-refractivity contribution is 5.21. The van der Waals surface area contributed by atoms with Crippen molar-refractivity contribution in [2.45, 2.75) is 39.3 Å². The Kier molecular flexibility index (Phi) is 3.34. The normalized spacial score (nSPS) is 15.7. The Bertz CT molecular complexity index is 545. The van der Waals surface area contributed by atoms with Crippen LogP contribution in [0.4, 0.5) is 0 Å². The van der Waals surface area contributed by atoms with E-state index in [1.54, 1.807) is 0 Å². The Morgan fingerprint density at radius 1 is 1.42 bits per heavy atom. The van der Waals surface area contributed by atoms with Gasteiger partial charge in [0.25, 0.3) is 0 Å². The second-order valence-electron chi connectivity index (χ2n) is 5.51. The third-order valence-corrected chi connectivity index (χ3v) is 3.60. The number of H-pyrrole nitrogens is 1. The number of aromatic nitrogens is 3. The molecule has 2 aromatic rings. The zero-order valence-corrected chi connectivity index (χ0v) is 11.6. The van der Waals surface area contributed by atoms with Crippen molar-refractivity contribution in [3.8, 4) is 0 Å². The van der Waals surface area contributed by atoms with Crippen molar-refractivity contribution in [2.24, 2.45) is 0 Å². The van der Waals surface area contributed by atoms with Crippen LogP contribution in [0.1, 0.15) is 42.5 Å². The lowest BCUT2D eigenvalue weighted by atomic mass is 10.1. The summed E-state index contributed by atoms with van der Waals surface area (Å²) in [7, 11) is 0. The summed E-state index contributed by atoms with van der Waals surface area (Å²) in [6.45, 7) is 7.27. The second-order valence-corrected chi connectivity index (χ2v) is 5.51. The van der Waals surface area contributed by atoms with Gasteiger partial charge in [-0.25, -0.2) is 9.97 Å². The van der Waals surface area contributed by atoms with Gasteiger partial charge in [0, 0.05) is 61.3 Å². The van der Waals surface area contributed by atoms with Gasteiger partial charge in [0.15, 0.2) is 0 Å².